The van der Waals surface area contributed by atoms with E-state index in [1.54, 1.807) is 20.8 Å². The Hall–Kier alpha value is -0.640. The number of carbonyl (C=O) groups excluding carboxylic acids is 1. The van der Waals surface area contributed by atoms with E-state index >= 15 is 0 Å². The first-order chi connectivity index (χ1) is 5.19. The molecule has 0 aliphatic rings. The lowest BCUT2D eigenvalue weighted by atomic mass is 9.92. The second kappa shape index (κ2) is 3.39. The highest BCUT2D eigenvalue weighted by atomic mass is 32.2. The SMILES string of the molecule is C=CS(=O)(=O)CC(=O)C(C)(C)C. The van der Waals surface area contributed by atoms with Gasteiger partial charge in [0, 0.05) is 10.8 Å². The number of hydrogen-bond donors (Lipinski definition) is 0. The van der Waals surface area contributed by atoms with Crippen molar-refractivity contribution in [1.82, 2.24) is 0 Å². The second-order valence-electron chi connectivity index (χ2n) is 3.65. The van der Waals surface area contributed by atoms with Gasteiger partial charge in [-0.3, -0.25) is 4.79 Å². The van der Waals surface area contributed by atoms with E-state index in [9.17, 15) is 13.2 Å². The third kappa shape index (κ3) is 3.67. The second-order valence-corrected chi connectivity index (χ2v) is 5.59. The first-order valence-electron chi connectivity index (χ1n) is 3.57. The van der Waals surface area contributed by atoms with Crippen LogP contribution in [0.5, 0.6) is 0 Å². The van der Waals surface area contributed by atoms with Crippen LogP contribution in [-0.4, -0.2) is 20.0 Å². The predicted octanol–water partition coefficient (Wildman–Crippen LogP) is 1.16. The molecule has 0 bridgehead atoms. The quantitative estimate of drug-likeness (QED) is 0.671. The third-order valence-corrected chi connectivity index (χ3v) is 2.60. The molecule has 3 nitrogen and oxygen atoms in total. The molecule has 0 amide bonds. The number of carbonyl (C=O) groups is 1. The molecule has 0 saturated carbocycles. The van der Waals surface area contributed by atoms with Gasteiger partial charge in [0.05, 0.1) is 0 Å². The number of Topliss-reactive ketones (excluding diaryl/α,β-unsaturated/α-hetero) is 1. The highest BCUT2D eigenvalue weighted by molar-refractivity contribution is 7.94. The molecule has 4 heteroatoms. The van der Waals surface area contributed by atoms with E-state index in [2.05, 4.69) is 6.58 Å². The molecule has 0 rings (SSSR count). The summed E-state index contributed by atoms with van der Waals surface area (Å²) in [7, 11) is -3.39. The topological polar surface area (TPSA) is 51.2 Å². The Balaban J connectivity index is 4.52. The molecule has 70 valence electrons. The Labute approximate surface area is 73.4 Å². The summed E-state index contributed by atoms with van der Waals surface area (Å²) in [5, 5.41) is 0.816. The molecule has 0 fully saturated rings. The summed E-state index contributed by atoms with van der Waals surface area (Å²) in [5.41, 5.74) is -0.601. The summed E-state index contributed by atoms with van der Waals surface area (Å²) in [6.07, 6.45) is 0. The fourth-order valence-electron chi connectivity index (χ4n) is 0.458. The number of rotatable bonds is 3. The Morgan fingerprint density at radius 1 is 1.42 bits per heavy atom. The summed E-state index contributed by atoms with van der Waals surface area (Å²) in [4.78, 5) is 11.2. The maximum Gasteiger partial charge on any atom is 0.178 e. The molecule has 0 atom stereocenters. The van der Waals surface area contributed by atoms with E-state index in [0.717, 1.165) is 5.41 Å². The Bertz CT molecular complexity index is 280. The van der Waals surface area contributed by atoms with E-state index in [4.69, 9.17) is 0 Å². The van der Waals surface area contributed by atoms with Crippen LogP contribution in [0.15, 0.2) is 12.0 Å². The van der Waals surface area contributed by atoms with Gasteiger partial charge in [-0.15, -0.1) is 0 Å². The van der Waals surface area contributed by atoms with Crippen LogP contribution in [-0.2, 0) is 14.6 Å². The van der Waals surface area contributed by atoms with Crippen LogP contribution in [0.3, 0.4) is 0 Å². The van der Waals surface area contributed by atoms with Gasteiger partial charge in [0.2, 0.25) is 0 Å². The molecule has 0 aromatic carbocycles. The predicted molar refractivity (Wildman–Crippen MR) is 48.4 cm³/mol. The first kappa shape index (κ1) is 11.4. The van der Waals surface area contributed by atoms with Crippen molar-refractivity contribution in [3.8, 4) is 0 Å². The molecule has 0 radical (unpaired) electrons. The van der Waals surface area contributed by atoms with Crippen LogP contribution in [0.4, 0.5) is 0 Å². The van der Waals surface area contributed by atoms with Crippen LogP contribution in [0.1, 0.15) is 20.8 Å². The molecule has 0 aliphatic carbocycles. The van der Waals surface area contributed by atoms with Gasteiger partial charge in [0.1, 0.15) is 5.75 Å². The van der Waals surface area contributed by atoms with Crippen molar-refractivity contribution in [3.63, 3.8) is 0 Å². The summed E-state index contributed by atoms with van der Waals surface area (Å²) in [6.45, 7) is 8.19. The number of ketones is 1. The van der Waals surface area contributed by atoms with Gasteiger partial charge < -0.3 is 0 Å². The van der Waals surface area contributed by atoms with Crippen LogP contribution in [0, 0.1) is 5.41 Å². The lowest BCUT2D eigenvalue weighted by Crippen LogP contribution is -2.27. The van der Waals surface area contributed by atoms with Gasteiger partial charge in [0.15, 0.2) is 15.6 Å². The number of sulfone groups is 1. The molecule has 0 aromatic heterocycles. The number of hydrogen-bond acceptors (Lipinski definition) is 3. The Kier molecular flexibility index (Phi) is 3.21. The molecule has 0 spiro atoms. The fraction of sp³-hybridized carbons (Fsp3) is 0.625. The third-order valence-electron chi connectivity index (χ3n) is 1.42. The van der Waals surface area contributed by atoms with E-state index in [1.807, 2.05) is 0 Å². The van der Waals surface area contributed by atoms with Crippen molar-refractivity contribution in [3.05, 3.63) is 12.0 Å². The molecule has 0 N–H and O–H groups in total. The molecular weight excluding hydrogens is 176 g/mol. The van der Waals surface area contributed by atoms with Crippen molar-refractivity contribution in [2.24, 2.45) is 5.41 Å². The van der Waals surface area contributed by atoms with E-state index in [-0.39, 0.29) is 5.78 Å². The molecular formula is C8H14O3S. The summed E-state index contributed by atoms with van der Waals surface area (Å²) in [5.74, 6) is -0.734. The molecule has 0 unspecified atom stereocenters. The largest absolute Gasteiger partial charge is 0.298 e. The van der Waals surface area contributed by atoms with Crippen molar-refractivity contribution < 1.29 is 13.2 Å². The van der Waals surface area contributed by atoms with E-state index in [0.29, 0.717) is 0 Å². The standard InChI is InChI=1S/C8H14O3S/c1-5-12(10,11)6-7(9)8(2,3)4/h5H,1,6H2,2-4H3. The Morgan fingerprint density at radius 3 is 2.08 bits per heavy atom. The van der Waals surface area contributed by atoms with Gasteiger partial charge in [0.25, 0.3) is 0 Å². The van der Waals surface area contributed by atoms with Crippen molar-refractivity contribution in [2.45, 2.75) is 20.8 Å². The highest BCUT2D eigenvalue weighted by Crippen LogP contribution is 2.15. The summed E-state index contributed by atoms with van der Waals surface area (Å²) < 4.78 is 21.8. The van der Waals surface area contributed by atoms with Crippen LogP contribution < -0.4 is 0 Å². The van der Waals surface area contributed by atoms with Crippen molar-refractivity contribution in [1.29, 1.82) is 0 Å². The molecule has 0 saturated heterocycles. The van der Waals surface area contributed by atoms with E-state index < -0.39 is 21.0 Å². The van der Waals surface area contributed by atoms with Gasteiger partial charge in [-0.1, -0.05) is 27.4 Å². The minimum absolute atomic E-state index is 0.289. The zero-order chi connectivity index (χ0) is 9.99. The van der Waals surface area contributed by atoms with Crippen LogP contribution >= 0.6 is 0 Å². The molecule has 12 heavy (non-hydrogen) atoms. The van der Waals surface area contributed by atoms with Crippen molar-refractivity contribution in [2.75, 3.05) is 5.75 Å². The molecule has 0 heterocycles. The minimum Gasteiger partial charge on any atom is -0.298 e. The smallest absolute Gasteiger partial charge is 0.178 e. The fourth-order valence-corrected chi connectivity index (χ4v) is 1.37. The zero-order valence-corrected chi connectivity index (χ0v) is 8.44. The van der Waals surface area contributed by atoms with Crippen molar-refractivity contribution >= 4 is 15.6 Å². The lowest BCUT2D eigenvalue weighted by molar-refractivity contribution is -0.123. The van der Waals surface area contributed by atoms with Crippen LogP contribution in [0.2, 0.25) is 0 Å². The average Bonchev–Trinajstić information content (AvgIpc) is 1.85. The Morgan fingerprint density at radius 2 is 1.83 bits per heavy atom. The minimum atomic E-state index is -3.39. The summed E-state index contributed by atoms with van der Waals surface area (Å²) in [6, 6.07) is 0. The average molecular weight is 190 g/mol. The first-order valence-corrected chi connectivity index (χ1v) is 5.29. The highest BCUT2D eigenvalue weighted by Gasteiger charge is 2.25. The van der Waals surface area contributed by atoms with Gasteiger partial charge in [-0.2, -0.15) is 0 Å². The monoisotopic (exact) mass is 190 g/mol. The maximum atomic E-state index is 11.2. The zero-order valence-electron chi connectivity index (χ0n) is 7.62. The molecule has 0 aliphatic heterocycles. The normalized spacial score (nSPS) is 12.6. The molecule has 0 aromatic rings. The van der Waals surface area contributed by atoms with Gasteiger partial charge in [-0.25, -0.2) is 8.42 Å². The van der Waals surface area contributed by atoms with Crippen LogP contribution in [0.25, 0.3) is 0 Å². The lowest BCUT2D eigenvalue weighted by Gasteiger charge is -2.15. The van der Waals surface area contributed by atoms with E-state index in [1.165, 1.54) is 0 Å². The van der Waals surface area contributed by atoms with Gasteiger partial charge in [-0.05, 0) is 0 Å². The summed E-state index contributed by atoms with van der Waals surface area (Å²) >= 11 is 0. The maximum absolute atomic E-state index is 11.2. The van der Waals surface area contributed by atoms with Gasteiger partial charge >= 0.3 is 0 Å².